The first-order valence-electron chi connectivity index (χ1n) is 6.78. The number of nitrogen functional groups attached to an aromatic ring is 1. The lowest BCUT2D eigenvalue weighted by molar-refractivity contribution is 0.313. The van der Waals surface area contributed by atoms with Crippen LogP contribution in [-0.2, 0) is 0 Å². The average Bonchev–Trinajstić information content (AvgIpc) is 2.31. The number of piperazine rings is 1. The first-order valence-corrected chi connectivity index (χ1v) is 6.78. The van der Waals surface area contributed by atoms with Crippen molar-refractivity contribution in [3.63, 3.8) is 0 Å². The maximum Gasteiger partial charge on any atom is 0.0368 e. The molecule has 0 aromatic heterocycles. The highest BCUT2D eigenvalue weighted by molar-refractivity contribution is 5.53. The van der Waals surface area contributed by atoms with Crippen LogP contribution in [0.1, 0.15) is 20.8 Å². The molecule has 2 rings (SSSR count). The molecule has 18 heavy (non-hydrogen) atoms. The molecule has 0 saturated carbocycles. The monoisotopic (exact) mass is 249 g/mol. The summed E-state index contributed by atoms with van der Waals surface area (Å²) < 4.78 is 0. The zero-order chi connectivity index (χ0) is 13.5. The molecule has 1 aromatic carbocycles. The number of rotatable bonds is 1. The summed E-state index contributed by atoms with van der Waals surface area (Å²) in [6.45, 7) is 11.0. The molecule has 1 aliphatic heterocycles. The van der Waals surface area contributed by atoms with Crippen LogP contribution in [-0.4, -0.2) is 38.1 Å². The lowest BCUT2D eigenvalue weighted by Crippen LogP contribution is -2.44. The highest BCUT2D eigenvalue weighted by atomic mass is 15.2. The summed E-state index contributed by atoms with van der Waals surface area (Å²) in [5.74, 6) is 0.833. The molecule has 0 bridgehead atoms. The average molecular weight is 249 g/mol. The van der Waals surface area contributed by atoms with Gasteiger partial charge in [-0.15, -0.1) is 0 Å². The molecule has 1 fully saturated rings. The van der Waals surface area contributed by atoms with Crippen molar-refractivity contribution in [1.29, 1.82) is 0 Å². The van der Waals surface area contributed by atoms with Crippen molar-refractivity contribution in [2.24, 2.45) is 5.92 Å². The van der Waals surface area contributed by atoms with Crippen LogP contribution in [0.25, 0.3) is 0 Å². The molecule has 1 aromatic rings. The van der Waals surface area contributed by atoms with Crippen molar-refractivity contribution in [2.75, 3.05) is 43.9 Å². The molecule has 0 aliphatic carbocycles. The molecule has 0 radical (unpaired) electrons. The first-order chi connectivity index (χ1) is 8.49. The van der Waals surface area contributed by atoms with E-state index >= 15 is 0 Å². The topological polar surface area (TPSA) is 32.5 Å². The number of likely N-dealkylation sites (N-methyl/N-ethyl adjacent to an activating group) is 1. The Bertz CT molecular complexity index is 321. The smallest absolute Gasteiger partial charge is 0.0368 e. The highest BCUT2D eigenvalue weighted by Gasteiger charge is 2.13. The van der Waals surface area contributed by atoms with Crippen molar-refractivity contribution in [3.05, 3.63) is 24.3 Å². The Hall–Kier alpha value is -1.22. The van der Waals surface area contributed by atoms with E-state index in [2.05, 4.69) is 49.8 Å². The minimum Gasteiger partial charge on any atom is -0.399 e. The molecule has 2 N–H and O–H groups in total. The van der Waals surface area contributed by atoms with Crippen molar-refractivity contribution in [2.45, 2.75) is 20.8 Å². The molecular weight excluding hydrogens is 222 g/mol. The summed E-state index contributed by atoms with van der Waals surface area (Å²) in [7, 11) is 2.17. The SMILES string of the molecule is CC(C)C.CN1CCN(c2ccc(N)cc2)CC1. The number of anilines is 2. The van der Waals surface area contributed by atoms with Crippen LogP contribution < -0.4 is 10.6 Å². The largest absolute Gasteiger partial charge is 0.399 e. The van der Waals surface area contributed by atoms with E-state index in [4.69, 9.17) is 5.73 Å². The second-order valence-electron chi connectivity index (χ2n) is 5.61. The second kappa shape index (κ2) is 7.27. The van der Waals surface area contributed by atoms with Crippen LogP contribution in [0, 0.1) is 5.92 Å². The van der Waals surface area contributed by atoms with Crippen LogP contribution in [0.4, 0.5) is 11.4 Å². The molecule has 0 amide bonds. The lowest BCUT2D eigenvalue weighted by Gasteiger charge is -2.34. The van der Waals surface area contributed by atoms with E-state index < -0.39 is 0 Å². The van der Waals surface area contributed by atoms with Gasteiger partial charge in [0.2, 0.25) is 0 Å². The molecule has 3 heteroatoms. The molecular formula is C15H27N3. The van der Waals surface area contributed by atoms with Crippen LogP contribution >= 0.6 is 0 Å². The molecule has 1 aliphatic rings. The quantitative estimate of drug-likeness (QED) is 0.777. The maximum atomic E-state index is 5.65. The molecule has 1 saturated heterocycles. The fraction of sp³-hybridized carbons (Fsp3) is 0.600. The summed E-state index contributed by atoms with van der Waals surface area (Å²) in [6.07, 6.45) is 0. The van der Waals surface area contributed by atoms with Crippen LogP contribution in [0.5, 0.6) is 0 Å². The molecule has 0 unspecified atom stereocenters. The summed E-state index contributed by atoms with van der Waals surface area (Å²) in [4.78, 5) is 4.76. The predicted octanol–water partition coefficient (Wildman–Crippen LogP) is 2.68. The van der Waals surface area contributed by atoms with Gasteiger partial charge in [0.25, 0.3) is 0 Å². The van der Waals surface area contributed by atoms with Gasteiger partial charge in [0.15, 0.2) is 0 Å². The number of nitrogens with zero attached hydrogens (tertiary/aromatic N) is 2. The minimum absolute atomic E-state index is 0.833. The highest BCUT2D eigenvalue weighted by Crippen LogP contribution is 2.17. The molecule has 1 heterocycles. The lowest BCUT2D eigenvalue weighted by atomic mass is 10.2. The number of hydrogen-bond acceptors (Lipinski definition) is 3. The van der Waals surface area contributed by atoms with Crippen LogP contribution in [0.15, 0.2) is 24.3 Å². The van der Waals surface area contributed by atoms with Crippen molar-refractivity contribution in [1.82, 2.24) is 4.90 Å². The van der Waals surface area contributed by atoms with Gasteiger partial charge < -0.3 is 15.5 Å². The molecule has 3 nitrogen and oxygen atoms in total. The summed E-state index contributed by atoms with van der Waals surface area (Å²) in [5, 5.41) is 0. The standard InChI is InChI=1S/C11H17N3.C4H10/c1-13-6-8-14(9-7-13)11-4-2-10(12)3-5-11;1-4(2)3/h2-5H,6-9,12H2,1H3;4H,1-3H3. The fourth-order valence-electron chi connectivity index (χ4n) is 1.75. The van der Waals surface area contributed by atoms with E-state index in [1.54, 1.807) is 0 Å². The third-order valence-corrected chi connectivity index (χ3v) is 2.76. The summed E-state index contributed by atoms with van der Waals surface area (Å²) in [5.41, 5.74) is 7.77. The van der Waals surface area contributed by atoms with Crippen LogP contribution in [0.2, 0.25) is 0 Å². The van der Waals surface area contributed by atoms with Crippen molar-refractivity contribution in [3.8, 4) is 0 Å². The van der Waals surface area contributed by atoms with E-state index in [0.29, 0.717) is 0 Å². The molecule has 102 valence electrons. The third kappa shape index (κ3) is 5.41. The van der Waals surface area contributed by atoms with E-state index in [0.717, 1.165) is 37.8 Å². The number of nitrogens with two attached hydrogens (primary N) is 1. The fourth-order valence-corrected chi connectivity index (χ4v) is 1.75. The summed E-state index contributed by atoms with van der Waals surface area (Å²) in [6, 6.07) is 8.13. The zero-order valence-electron chi connectivity index (χ0n) is 12.2. The normalized spacial score (nSPS) is 16.4. The van der Waals surface area contributed by atoms with Crippen molar-refractivity contribution < 1.29 is 0 Å². The van der Waals surface area contributed by atoms with Gasteiger partial charge >= 0.3 is 0 Å². The van der Waals surface area contributed by atoms with Gasteiger partial charge in [0, 0.05) is 37.6 Å². The Labute approximate surface area is 112 Å². The van der Waals surface area contributed by atoms with Gasteiger partial charge in [-0.2, -0.15) is 0 Å². The number of hydrogen-bond donors (Lipinski definition) is 1. The Morgan fingerprint density at radius 2 is 1.39 bits per heavy atom. The zero-order valence-corrected chi connectivity index (χ0v) is 12.2. The van der Waals surface area contributed by atoms with Crippen LogP contribution in [0.3, 0.4) is 0 Å². The Morgan fingerprint density at radius 3 is 1.83 bits per heavy atom. The van der Waals surface area contributed by atoms with Gasteiger partial charge in [-0.25, -0.2) is 0 Å². The van der Waals surface area contributed by atoms with E-state index in [-0.39, 0.29) is 0 Å². The maximum absolute atomic E-state index is 5.65. The van der Waals surface area contributed by atoms with Gasteiger partial charge in [-0.1, -0.05) is 20.8 Å². The van der Waals surface area contributed by atoms with E-state index in [1.165, 1.54) is 5.69 Å². The van der Waals surface area contributed by atoms with Gasteiger partial charge in [0.1, 0.15) is 0 Å². The van der Waals surface area contributed by atoms with E-state index in [1.807, 2.05) is 12.1 Å². The Kier molecular flexibility index (Phi) is 5.99. The van der Waals surface area contributed by atoms with E-state index in [9.17, 15) is 0 Å². The third-order valence-electron chi connectivity index (χ3n) is 2.76. The molecule has 0 spiro atoms. The molecule has 0 atom stereocenters. The minimum atomic E-state index is 0.833. The Balaban J connectivity index is 0.000000357. The first kappa shape index (κ1) is 14.8. The van der Waals surface area contributed by atoms with Gasteiger partial charge in [-0.05, 0) is 37.2 Å². The Morgan fingerprint density at radius 1 is 0.944 bits per heavy atom. The number of benzene rings is 1. The van der Waals surface area contributed by atoms with Gasteiger partial charge in [0.05, 0.1) is 0 Å². The van der Waals surface area contributed by atoms with Crippen molar-refractivity contribution >= 4 is 11.4 Å². The van der Waals surface area contributed by atoms with Gasteiger partial charge in [-0.3, -0.25) is 0 Å². The summed E-state index contributed by atoms with van der Waals surface area (Å²) >= 11 is 0. The second-order valence-corrected chi connectivity index (χ2v) is 5.61. The predicted molar refractivity (Wildman–Crippen MR) is 81.1 cm³/mol.